The van der Waals surface area contributed by atoms with Crippen LogP contribution in [0.25, 0.3) is 21.5 Å². The maximum absolute atomic E-state index is 9.99. The van der Waals surface area contributed by atoms with Gasteiger partial charge in [0.1, 0.15) is 5.75 Å². The predicted molar refractivity (Wildman–Crippen MR) is 83.8 cm³/mol. The largest absolute Gasteiger partial charge is 0.508 e. The molecule has 0 atom stereocenters. The number of hydrogen-bond acceptors (Lipinski definition) is 4. The Kier molecular flexibility index (Phi) is 2.92. The zero-order chi connectivity index (χ0) is 15.3. The molecule has 3 aromatic rings. The minimum absolute atomic E-state index is 0.124. The van der Waals surface area contributed by atoms with Gasteiger partial charge in [0.05, 0.1) is 0 Å². The van der Waals surface area contributed by atoms with Crippen molar-refractivity contribution in [3.63, 3.8) is 0 Å². The molecule has 0 aromatic heterocycles. The molecule has 3 rings (SSSR count). The summed E-state index contributed by atoms with van der Waals surface area (Å²) in [4.78, 5) is 0. The van der Waals surface area contributed by atoms with E-state index in [9.17, 15) is 15.3 Å². The molecule has 0 aliphatic carbocycles. The second-order valence-corrected chi connectivity index (χ2v) is 5.39. The first-order chi connectivity index (χ1) is 9.93. The number of nitrogens with two attached hydrogens (primary N) is 1. The van der Waals surface area contributed by atoms with Gasteiger partial charge in [-0.2, -0.15) is 0 Å². The van der Waals surface area contributed by atoms with Crippen molar-refractivity contribution < 1.29 is 15.3 Å². The molecule has 0 saturated carbocycles. The van der Waals surface area contributed by atoms with Crippen LogP contribution in [0.5, 0.6) is 17.2 Å². The summed E-state index contributed by atoms with van der Waals surface area (Å²) < 4.78 is 0. The first kappa shape index (κ1) is 13.5. The third-order valence-electron chi connectivity index (χ3n) is 4.08. The molecule has 5 N–H and O–H groups in total. The summed E-state index contributed by atoms with van der Waals surface area (Å²) in [5, 5.41) is 33.1. The van der Waals surface area contributed by atoms with E-state index in [0.29, 0.717) is 12.1 Å². The molecule has 0 amide bonds. The maximum atomic E-state index is 9.99. The Hall–Kier alpha value is -2.46. The van der Waals surface area contributed by atoms with Crippen molar-refractivity contribution in [1.82, 2.24) is 0 Å². The molecule has 0 heterocycles. The highest BCUT2D eigenvalue weighted by Gasteiger charge is 2.14. The van der Waals surface area contributed by atoms with Crippen LogP contribution in [0.15, 0.2) is 24.3 Å². The molecule has 0 unspecified atom stereocenters. The predicted octanol–water partition coefficient (Wildman–Crippen LogP) is 3.19. The third kappa shape index (κ3) is 1.87. The van der Waals surface area contributed by atoms with Crippen LogP contribution in [-0.2, 0) is 6.54 Å². The topological polar surface area (TPSA) is 86.7 Å². The third-order valence-corrected chi connectivity index (χ3v) is 4.08. The molecule has 0 aliphatic heterocycles. The number of fused-ring (bicyclic) bond motifs is 3. The Labute approximate surface area is 122 Å². The molecular weight excluding hydrogens is 266 g/mol. The molecule has 0 spiro atoms. The minimum Gasteiger partial charge on any atom is -0.508 e. The van der Waals surface area contributed by atoms with E-state index in [1.165, 1.54) is 6.07 Å². The van der Waals surface area contributed by atoms with Crippen molar-refractivity contribution in [1.29, 1.82) is 0 Å². The van der Waals surface area contributed by atoms with E-state index in [4.69, 9.17) is 5.73 Å². The second kappa shape index (κ2) is 4.53. The van der Waals surface area contributed by atoms with Gasteiger partial charge in [-0.25, -0.2) is 0 Å². The van der Waals surface area contributed by atoms with Gasteiger partial charge in [0, 0.05) is 12.1 Å². The highest BCUT2D eigenvalue weighted by molar-refractivity contribution is 6.11. The van der Waals surface area contributed by atoms with Crippen LogP contribution in [-0.4, -0.2) is 15.3 Å². The summed E-state index contributed by atoms with van der Waals surface area (Å²) in [7, 11) is 0. The number of rotatable bonds is 1. The zero-order valence-electron chi connectivity index (χ0n) is 11.9. The Morgan fingerprint density at radius 3 is 2.10 bits per heavy atom. The lowest BCUT2D eigenvalue weighted by molar-refractivity contribution is 0.402. The molecule has 0 fully saturated rings. The van der Waals surface area contributed by atoms with Gasteiger partial charge in [0.2, 0.25) is 0 Å². The molecule has 3 aromatic carbocycles. The second-order valence-electron chi connectivity index (χ2n) is 5.39. The first-order valence-corrected chi connectivity index (χ1v) is 6.74. The molecule has 0 bridgehead atoms. The number of benzene rings is 3. The van der Waals surface area contributed by atoms with Crippen molar-refractivity contribution >= 4 is 21.5 Å². The van der Waals surface area contributed by atoms with Crippen LogP contribution in [0, 0.1) is 13.8 Å². The van der Waals surface area contributed by atoms with E-state index in [0.717, 1.165) is 32.7 Å². The van der Waals surface area contributed by atoms with Gasteiger partial charge in [-0.15, -0.1) is 0 Å². The van der Waals surface area contributed by atoms with Gasteiger partial charge in [0.25, 0.3) is 0 Å². The summed E-state index contributed by atoms with van der Waals surface area (Å²) in [5.41, 5.74) is 8.15. The van der Waals surface area contributed by atoms with Crippen LogP contribution in [0.2, 0.25) is 0 Å². The van der Waals surface area contributed by atoms with Crippen molar-refractivity contribution in [2.45, 2.75) is 20.4 Å². The van der Waals surface area contributed by atoms with E-state index in [1.807, 2.05) is 19.1 Å². The number of phenols is 3. The molecule has 21 heavy (non-hydrogen) atoms. The highest BCUT2D eigenvalue weighted by Crippen LogP contribution is 2.40. The molecular formula is C17H17NO3. The van der Waals surface area contributed by atoms with Crippen LogP contribution in [0.3, 0.4) is 0 Å². The van der Waals surface area contributed by atoms with Gasteiger partial charge in [-0.1, -0.05) is 0 Å². The Morgan fingerprint density at radius 2 is 1.43 bits per heavy atom. The number of aryl methyl sites for hydroxylation is 2. The van der Waals surface area contributed by atoms with Crippen LogP contribution in [0.4, 0.5) is 0 Å². The maximum Gasteiger partial charge on any atom is 0.161 e. The van der Waals surface area contributed by atoms with Crippen LogP contribution >= 0.6 is 0 Å². The summed E-state index contributed by atoms with van der Waals surface area (Å²) in [6.07, 6.45) is 0. The van der Waals surface area contributed by atoms with Crippen LogP contribution in [0.1, 0.15) is 16.7 Å². The van der Waals surface area contributed by atoms with Crippen molar-refractivity contribution in [2.24, 2.45) is 5.73 Å². The summed E-state index contributed by atoms with van der Waals surface area (Å²) in [5.74, 6) is -0.0915. The van der Waals surface area contributed by atoms with E-state index < -0.39 is 0 Å². The Bertz CT molecular complexity index is 885. The Balaban J connectivity index is 2.61. The fourth-order valence-electron chi connectivity index (χ4n) is 2.82. The number of aromatic hydroxyl groups is 3. The van der Waals surface area contributed by atoms with E-state index in [-0.39, 0.29) is 17.2 Å². The van der Waals surface area contributed by atoms with Gasteiger partial charge < -0.3 is 21.1 Å². The molecule has 4 heteroatoms. The average Bonchev–Trinajstić information content (AvgIpc) is 2.46. The standard InChI is InChI=1S/C17H17NO3/c1-8-3-12-10(7-18)4-11-9(2)17(21)16(20)6-13(11)14(12)5-15(8)19/h3-6,19-21H,7,18H2,1-2H3. The summed E-state index contributed by atoms with van der Waals surface area (Å²) in [6, 6.07) is 7.03. The van der Waals surface area contributed by atoms with E-state index in [2.05, 4.69) is 0 Å². The lowest BCUT2D eigenvalue weighted by Gasteiger charge is -2.14. The van der Waals surface area contributed by atoms with Gasteiger partial charge in [-0.3, -0.25) is 0 Å². The first-order valence-electron chi connectivity index (χ1n) is 6.74. The van der Waals surface area contributed by atoms with Crippen molar-refractivity contribution in [2.75, 3.05) is 0 Å². The van der Waals surface area contributed by atoms with Gasteiger partial charge in [-0.05, 0) is 70.8 Å². The van der Waals surface area contributed by atoms with Crippen molar-refractivity contribution in [3.8, 4) is 17.2 Å². The zero-order valence-corrected chi connectivity index (χ0v) is 11.9. The molecule has 4 nitrogen and oxygen atoms in total. The molecule has 0 aliphatic rings. The van der Waals surface area contributed by atoms with Crippen LogP contribution < -0.4 is 5.73 Å². The number of hydrogen-bond donors (Lipinski definition) is 4. The van der Waals surface area contributed by atoms with Gasteiger partial charge in [0.15, 0.2) is 11.5 Å². The molecule has 0 radical (unpaired) electrons. The average molecular weight is 283 g/mol. The monoisotopic (exact) mass is 283 g/mol. The highest BCUT2D eigenvalue weighted by atomic mass is 16.3. The summed E-state index contributed by atoms with van der Waals surface area (Å²) >= 11 is 0. The van der Waals surface area contributed by atoms with E-state index >= 15 is 0 Å². The van der Waals surface area contributed by atoms with E-state index in [1.54, 1.807) is 13.0 Å². The van der Waals surface area contributed by atoms with Crippen molar-refractivity contribution in [3.05, 3.63) is 41.0 Å². The fourth-order valence-corrected chi connectivity index (χ4v) is 2.82. The fraction of sp³-hybridized carbons (Fsp3) is 0.176. The smallest absolute Gasteiger partial charge is 0.161 e. The van der Waals surface area contributed by atoms with Gasteiger partial charge >= 0.3 is 0 Å². The lowest BCUT2D eigenvalue weighted by Crippen LogP contribution is -1.99. The minimum atomic E-state index is -0.165. The quantitative estimate of drug-likeness (QED) is 0.408. The molecule has 108 valence electrons. The SMILES string of the molecule is Cc1cc2c(CN)cc3c(C)c(O)c(O)cc3c2cc1O. The normalized spacial score (nSPS) is 11.4. The summed E-state index contributed by atoms with van der Waals surface area (Å²) in [6.45, 7) is 3.94. The lowest BCUT2D eigenvalue weighted by atomic mass is 9.93. The molecule has 0 saturated heterocycles. The number of phenolic OH excluding ortho intramolecular Hbond substituents is 3. The Morgan fingerprint density at radius 1 is 0.810 bits per heavy atom.